The molecule has 1 amide bonds. The molecule has 1 aromatic rings. The average Bonchev–Trinajstić information content (AvgIpc) is 2.73. The van der Waals surface area contributed by atoms with Gasteiger partial charge in [0.05, 0.1) is 46.3 Å². The molecule has 0 heterocycles. The van der Waals surface area contributed by atoms with Gasteiger partial charge in [0, 0.05) is 5.56 Å². The lowest BCUT2D eigenvalue weighted by molar-refractivity contribution is -0.158. The van der Waals surface area contributed by atoms with E-state index in [9.17, 15) is 24.0 Å². The van der Waals surface area contributed by atoms with Crippen molar-refractivity contribution in [2.45, 2.75) is 12.5 Å². The van der Waals surface area contributed by atoms with Crippen molar-refractivity contribution in [1.29, 1.82) is 0 Å². The topological polar surface area (TPSA) is 134 Å². The van der Waals surface area contributed by atoms with Gasteiger partial charge < -0.3 is 24.3 Å². The zero-order valence-electron chi connectivity index (χ0n) is 15.8. The highest BCUT2D eigenvalue weighted by Crippen LogP contribution is 2.16. The minimum Gasteiger partial charge on any atom is -0.469 e. The molecule has 1 N–H and O–H groups in total. The number of hydrogen-bond acceptors (Lipinski definition) is 9. The third-order valence-electron chi connectivity index (χ3n) is 3.81. The summed E-state index contributed by atoms with van der Waals surface area (Å²) in [4.78, 5) is 60.0. The van der Waals surface area contributed by atoms with Crippen LogP contribution in [0.25, 0.3) is 0 Å². The highest BCUT2D eigenvalue weighted by atomic mass is 16.5. The Morgan fingerprint density at radius 2 is 1.46 bits per heavy atom. The predicted octanol–water partition coefficient (Wildman–Crippen LogP) is 0.0969. The van der Waals surface area contributed by atoms with Gasteiger partial charge >= 0.3 is 23.9 Å². The van der Waals surface area contributed by atoms with Gasteiger partial charge in [0.1, 0.15) is 6.04 Å². The maximum atomic E-state index is 12.6. The van der Waals surface area contributed by atoms with E-state index in [0.29, 0.717) is 0 Å². The second kappa shape index (κ2) is 10.7. The van der Waals surface area contributed by atoms with Crippen LogP contribution in [0.2, 0.25) is 0 Å². The van der Waals surface area contributed by atoms with E-state index in [4.69, 9.17) is 0 Å². The first-order valence-electron chi connectivity index (χ1n) is 8.00. The van der Waals surface area contributed by atoms with Crippen LogP contribution in [0.4, 0.5) is 0 Å². The molecule has 28 heavy (non-hydrogen) atoms. The molecule has 0 saturated carbocycles. The van der Waals surface area contributed by atoms with E-state index in [2.05, 4.69) is 24.3 Å². The molecule has 1 aromatic carbocycles. The molecule has 0 aliphatic carbocycles. The van der Waals surface area contributed by atoms with Gasteiger partial charge in [-0.2, -0.15) is 0 Å². The Kier molecular flexibility index (Phi) is 8.60. The Morgan fingerprint density at radius 3 is 2.00 bits per heavy atom. The van der Waals surface area contributed by atoms with E-state index < -0.39 is 48.2 Å². The van der Waals surface area contributed by atoms with E-state index in [0.717, 1.165) is 21.3 Å². The maximum Gasteiger partial charge on any atom is 0.337 e. The van der Waals surface area contributed by atoms with E-state index >= 15 is 0 Å². The second-order valence-electron chi connectivity index (χ2n) is 5.46. The second-order valence-corrected chi connectivity index (χ2v) is 5.46. The lowest BCUT2D eigenvalue weighted by Gasteiger charge is -2.23. The van der Waals surface area contributed by atoms with E-state index in [-0.39, 0.29) is 11.1 Å². The number of nitrogens with one attached hydrogen (secondary N) is 1. The molecule has 0 spiro atoms. The molecule has 0 aromatic heterocycles. The van der Waals surface area contributed by atoms with Crippen LogP contribution in [-0.4, -0.2) is 64.3 Å². The summed E-state index contributed by atoms with van der Waals surface area (Å²) in [6.45, 7) is 0. The molecular weight excluding hydrogens is 374 g/mol. The minimum atomic E-state index is -1.52. The summed E-state index contributed by atoms with van der Waals surface area (Å²) in [5.41, 5.74) is 0.141. The Bertz CT molecular complexity index is 759. The summed E-state index contributed by atoms with van der Waals surface area (Å²) in [5, 5.41) is 2.34. The number of carbonyl (C=O) groups is 5. The van der Waals surface area contributed by atoms with Crippen molar-refractivity contribution in [1.82, 2.24) is 5.32 Å². The summed E-state index contributed by atoms with van der Waals surface area (Å²) >= 11 is 0. The van der Waals surface area contributed by atoms with Crippen LogP contribution in [0.5, 0.6) is 0 Å². The molecule has 0 aliphatic heterocycles. The highest BCUT2D eigenvalue weighted by molar-refractivity contribution is 6.00. The zero-order valence-corrected chi connectivity index (χ0v) is 15.8. The van der Waals surface area contributed by atoms with Gasteiger partial charge in [-0.25, -0.2) is 9.59 Å². The summed E-state index contributed by atoms with van der Waals surface area (Å²) < 4.78 is 18.4. The summed E-state index contributed by atoms with van der Waals surface area (Å²) in [6, 6.07) is 4.01. The Hall–Kier alpha value is -3.43. The van der Waals surface area contributed by atoms with Crippen LogP contribution in [-0.2, 0) is 33.3 Å². The van der Waals surface area contributed by atoms with Crippen LogP contribution in [0, 0.1) is 5.92 Å². The summed E-state index contributed by atoms with van der Waals surface area (Å²) in [7, 11) is 4.44. The van der Waals surface area contributed by atoms with Crippen LogP contribution < -0.4 is 5.32 Å². The van der Waals surface area contributed by atoms with Gasteiger partial charge in [0.15, 0.2) is 0 Å². The van der Waals surface area contributed by atoms with Crippen molar-refractivity contribution in [2.75, 3.05) is 28.4 Å². The monoisotopic (exact) mass is 395 g/mol. The van der Waals surface area contributed by atoms with Crippen LogP contribution in [0.3, 0.4) is 0 Å². The average molecular weight is 395 g/mol. The van der Waals surface area contributed by atoms with Gasteiger partial charge in [-0.3, -0.25) is 14.4 Å². The number of ether oxygens (including phenoxy) is 4. The molecular formula is C18H21NO9. The first-order chi connectivity index (χ1) is 13.3. The first-order valence-corrected chi connectivity index (χ1v) is 8.00. The van der Waals surface area contributed by atoms with Gasteiger partial charge in [-0.1, -0.05) is 6.07 Å². The number of hydrogen-bond donors (Lipinski definition) is 1. The molecule has 0 fully saturated rings. The standard InChI is InChI=1S/C18H21NO9/c1-25-13(20)9-12(17(23)27-3)14(18(24)28-4)19-15(21)10-6-5-7-11(8-10)16(22)26-2/h5-8,12,14H,9H2,1-4H3,(H,19,21)/t12-,14+/m0/s1. The molecule has 10 nitrogen and oxygen atoms in total. The zero-order chi connectivity index (χ0) is 21.3. The van der Waals surface area contributed by atoms with Gasteiger partial charge in [0.2, 0.25) is 0 Å². The Labute approximate surface area is 161 Å². The molecule has 0 bridgehead atoms. The molecule has 0 aliphatic rings. The van der Waals surface area contributed by atoms with Gasteiger partial charge in [-0.05, 0) is 18.2 Å². The maximum absolute atomic E-state index is 12.6. The molecule has 1 rings (SSSR count). The fourth-order valence-corrected chi connectivity index (χ4v) is 2.33. The third kappa shape index (κ3) is 5.79. The summed E-state index contributed by atoms with van der Waals surface area (Å²) in [5.74, 6) is -5.47. The fraction of sp³-hybridized carbons (Fsp3) is 0.389. The number of methoxy groups -OCH3 is 4. The largest absolute Gasteiger partial charge is 0.469 e. The summed E-state index contributed by atoms with van der Waals surface area (Å²) in [6.07, 6.45) is -0.522. The van der Waals surface area contributed by atoms with E-state index in [1.54, 1.807) is 0 Å². The van der Waals surface area contributed by atoms with Gasteiger partial charge in [-0.15, -0.1) is 0 Å². The molecule has 0 saturated heterocycles. The van der Waals surface area contributed by atoms with Crippen molar-refractivity contribution in [3.05, 3.63) is 35.4 Å². The van der Waals surface area contributed by atoms with Gasteiger partial charge in [0.25, 0.3) is 5.91 Å². The van der Waals surface area contributed by atoms with Crippen LogP contribution in [0.15, 0.2) is 24.3 Å². The molecule has 0 radical (unpaired) electrons. The van der Waals surface area contributed by atoms with Crippen molar-refractivity contribution >= 4 is 29.8 Å². The Morgan fingerprint density at radius 1 is 0.857 bits per heavy atom. The fourth-order valence-electron chi connectivity index (χ4n) is 2.33. The lowest BCUT2D eigenvalue weighted by Crippen LogP contribution is -2.50. The smallest absolute Gasteiger partial charge is 0.337 e. The first kappa shape index (κ1) is 22.6. The van der Waals surface area contributed by atoms with Crippen molar-refractivity contribution in [2.24, 2.45) is 5.92 Å². The molecule has 152 valence electrons. The SMILES string of the molecule is COC(=O)C[C@H](C(=O)OC)[C@@H](NC(=O)c1cccc(C(=O)OC)c1)C(=O)OC. The van der Waals surface area contributed by atoms with Crippen molar-refractivity contribution in [3.8, 4) is 0 Å². The van der Waals surface area contributed by atoms with Crippen molar-refractivity contribution < 1.29 is 42.9 Å². The highest BCUT2D eigenvalue weighted by Gasteiger charge is 2.38. The van der Waals surface area contributed by atoms with Crippen LogP contribution in [0.1, 0.15) is 27.1 Å². The van der Waals surface area contributed by atoms with E-state index in [1.807, 2.05) is 0 Å². The number of rotatable bonds is 8. The number of esters is 4. The number of amides is 1. The normalized spacial score (nSPS) is 12.1. The lowest BCUT2D eigenvalue weighted by atomic mass is 9.95. The van der Waals surface area contributed by atoms with E-state index in [1.165, 1.54) is 31.4 Å². The molecule has 10 heteroatoms. The third-order valence-corrected chi connectivity index (χ3v) is 3.81. The Balaban J connectivity index is 3.18. The quantitative estimate of drug-likeness (QED) is 0.480. The van der Waals surface area contributed by atoms with Crippen molar-refractivity contribution in [3.63, 3.8) is 0 Å². The minimum absolute atomic E-state index is 0.0264. The number of carbonyl (C=O) groups excluding carboxylic acids is 5. The van der Waals surface area contributed by atoms with Crippen LogP contribution >= 0.6 is 0 Å². The molecule has 0 unspecified atom stereocenters. The molecule has 2 atom stereocenters. The predicted molar refractivity (Wildman–Crippen MR) is 93.2 cm³/mol. The number of benzene rings is 1.